The average molecular weight is 533 g/mol. The minimum absolute atomic E-state index is 0.00900. The molecule has 0 amide bonds. The third-order valence-electron chi connectivity index (χ3n) is 6.33. The maximum Gasteiger partial charge on any atom is 0.298 e. The number of nitrogens with two attached hydrogens (primary N) is 1. The Kier molecular flexibility index (Phi) is 8.27. The van der Waals surface area contributed by atoms with Crippen molar-refractivity contribution in [1.82, 2.24) is 10.3 Å². The van der Waals surface area contributed by atoms with Crippen molar-refractivity contribution in [2.45, 2.75) is 51.1 Å². The predicted octanol–water partition coefficient (Wildman–Crippen LogP) is 3.03. The molecule has 37 heavy (non-hydrogen) atoms. The number of ether oxygens (including phenoxy) is 2. The van der Waals surface area contributed by atoms with Gasteiger partial charge in [-0.25, -0.2) is 13.6 Å². The van der Waals surface area contributed by atoms with Gasteiger partial charge in [0.25, 0.3) is 6.01 Å². The maximum absolute atomic E-state index is 11.8. The molecule has 3 aromatic rings. The van der Waals surface area contributed by atoms with E-state index in [0.29, 0.717) is 48.4 Å². The van der Waals surface area contributed by atoms with E-state index in [-0.39, 0.29) is 23.0 Å². The molecule has 2 heterocycles. The van der Waals surface area contributed by atoms with Gasteiger partial charge in [-0.05, 0) is 68.8 Å². The zero-order chi connectivity index (χ0) is 26.6. The molecule has 4 N–H and O–H groups in total. The molecule has 0 aliphatic carbocycles. The summed E-state index contributed by atoms with van der Waals surface area (Å²) in [7, 11) is -3.85. The maximum atomic E-state index is 11.8. The molecule has 4 rings (SSSR count). The lowest BCUT2D eigenvalue weighted by Crippen LogP contribution is -2.43. The van der Waals surface area contributed by atoms with E-state index in [1.165, 1.54) is 12.1 Å². The first kappa shape index (κ1) is 27.2. The number of sulfonamides is 1. The average Bonchev–Trinajstić information content (AvgIpc) is 3.29. The number of aliphatic hydroxyl groups is 1. The van der Waals surface area contributed by atoms with Gasteiger partial charge in [-0.2, -0.15) is 4.98 Å². The van der Waals surface area contributed by atoms with Crippen molar-refractivity contribution in [2.24, 2.45) is 10.6 Å². The van der Waals surface area contributed by atoms with Crippen molar-refractivity contribution in [3.05, 3.63) is 42.0 Å². The molecule has 11 heteroatoms. The van der Waals surface area contributed by atoms with Gasteiger partial charge in [0.15, 0.2) is 5.58 Å². The number of nitrogens with zero attached hydrogens (tertiary/aromatic N) is 2. The lowest BCUT2D eigenvalue weighted by Gasteiger charge is -2.33. The number of benzene rings is 2. The van der Waals surface area contributed by atoms with Gasteiger partial charge in [-0.1, -0.05) is 13.8 Å². The monoisotopic (exact) mass is 532 g/mol. The molecular weight excluding hydrogens is 496 g/mol. The van der Waals surface area contributed by atoms with E-state index in [4.69, 9.17) is 19.0 Å². The number of aliphatic hydroxyl groups excluding tert-OH is 1. The van der Waals surface area contributed by atoms with Gasteiger partial charge in [0.05, 0.1) is 24.7 Å². The van der Waals surface area contributed by atoms with Crippen molar-refractivity contribution in [3.63, 3.8) is 0 Å². The Morgan fingerprint density at radius 3 is 2.51 bits per heavy atom. The normalized spacial score (nSPS) is 15.2. The van der Waals surface area contributed by atoms with Gasteiger partial charge < -0.3 is 29.2 Å². The number of piperidine rings is 1. The lowest BCUT2D eigenvalue weighted by atomic mass is 9.96. The topological polar surface area (TPSA) is 140 Å². The molecule has 202 valence electrons. The molecule has 0 saturated carbocycles. The highest BCUT2D eigenvalue weighted by Crippen LogP contribution is 2.31. The SMILES string of the molecule is CCOc1cc(CN(c2nc3cc(S(N)(=O)=O)ccc3o2)C2CCNCC2)cc(OCC(C)(C)CO)c1. The molecule has 1 aliphatic rings. The summed E-state index contributed by atoms with van der Waals surface area (Å²) in [5.41, 5.74) is 1.49. The van der Waals surface area contributed by atoms with Crippen LogP contribution in [-0.4, -0.2) is 57.5 Å². The quantitative estimate of drug-likeness (QED) is 0.340. The number of primary sulfonamides is 1. The van der Waals surface area contributed by atoms with E-state index in [0.717, 1.165) is 31.5 Å². The number of hydrogen-bond donors (Lipinski definition) is 3. The van der Waals surface area contributed by atoms with Crippen LogP contribution >= 0.6 is 0 Å². The van der Waals surface area contributed by atoms with Crippen LogP contribution in [0.25, 0.3) is 11.1 Å². The van der Waals surface area contributed by atoms with Crippen LogP contribution in [0.2, 0.25) is 0 Å². The van der Waals surface area contributed by atoms with Crippen LogP contribution in [0.5, 0.6) is 11.5 Å². The molecule has 0 atom stereocenters. The Labute approximate surface area is 217 Å². The first-order valence-corrected chi connectivity index (χ1v) is 14.0. The number of rotatable bonds is 11. The summed E-state index contributed by atoms with van der Waals surface area (Å²) in [6.07, 6.45) is 1.81. The number of aromatic nitrogens is 1. The second-order valence-electron chi connectivity index (χ2n) is 10.1. The van der Waals surface area contributed by atoms with Crippen molar-refractivity contribution in [3.8, 4) is 11.5 Å². The smallest absolute Gasteiger partial charge is 0.298 e. The fraction of sp³-hybridized carbons (Fsp3) is 0.500. The third-order valence-corrected chi connectivity index (χ3v) is 7.24. The van der Waals surface area contributed by atoms with Crippen molar-refractivity contribution in [1.29, 1.82) is 0 Å². The minimum atomic E-state index is -3.85. The van der Waals surface area contributed by atoms with E-state index in [9.17, 15) is 13.5 Å². The molecule has 10 nitrogen and oxygen atoms in total. The Morgan fingerprint density at radius 2 is 1.86 bits per heavy atom. The first-order chi connectivity index (χ1) is 17.6. The number of anilines is 1. The summed E-state index contributed by atoms with van der Waals surface area (Å²) in [4.78, 5) is 6.75. The van der Waals surface area contributed by atoms with Crippen molar-refractivity contribution >= 4 is 27.1 Å². The number of fused-ring (bicyclic) bond motifs is 1. The van der Waals surface area contributed by atoms with Crippen LogP contribution in [0.3, 0.4) is 0 Å². The second-order valence-corrected chi connectivity index (χ2v) is 11.7. The predicted molar refractivity (Wildman–Crippen MR) is 141 cm³/mol. The highest BCUT2D eigenvalue weighted by Gasteiger charge is 2.26. The summed E-state index contributed by atoms with van der Waals surface area (Å²) >= 11 is 0. The largest absolute Gasteiger partial charge is 0.494 e. The fourth-order valence-electron chi connectivity index (χ4n) is 4.24. The third kappa shape index (κ3) is 6.92. The molecule has 0 bridgehead atoms. The van der Waals surface area contributed by atoms with Gasteiger partial charge in [0.1, 0.15) is 17.0 Å². The Bertz CT molecular complexity index is 1320. The van der Waals surface area contributed by atoms with Crippen LogP contribution in [0.4, 0.5) is 6.01 Å². The molecule has 0 spiro atoms. The molecule has 1 fully saturated rings. The second kappa shape index (κ2) is 11.3. The Hall–Kier alpha value is -2.86. The molecule has 1 saturated heterocycles. The summed E-state index contributed by atoms with van der Waals surface area (Å²) < 4.78 is 41.6. The molecule has 1 aliphatic heterocycles. The number of hydrogen-bond acceptors (Lipinski definition) is 9. The highest BCUT2D eigenvalue weighted by molar-refractivity contribution is 7.89. The fourth-order valence-corrected chi connectivity index (χ4v) is 4.78. The van der Waals surface area contributed by atoms with Crippen LogP contribution in [0.15, 0.2) is 45.7 Å². The molecule has 1 aromatic heterocycles. The van der Waals surface area contributed by atoms with Crippen LogP contribution in [0, 0.1) is 5.41 Å². The van der Waals surface area contributed by atoms with E-state index < -0.39 is 10.0 Å². The summed E-state index contributed by atoms with van der Waals surface area (Å²) in [5.74, 6) is 1.35. The summed E-state index contributed by atoms with van der Waals surface area (Å²) in [6, 6.07) is 10.8. The molecule has 0 unspecified atom stereocenters. The van der Waals surface area contributed by atoms with E-state index in [1.807, 2.05) is 39.0 Å². The van der Waals surface area contributed by atoms with Gasteiger partial charge in [-0.15, -0.1) is 0 Å². The first-order valence-electron chi connectivity index (χ1n) is 12.5. The van der Waals surface area contributed by atoms with E-state index in [1.54, 1.807) is 6.07 Å². The van der Waals surface area contributed by atoms with E-state index in [2.05, 4.69) is 15.2 Å². The zero-order valence-corrected chi connectivity index (χ0v) is 22.4. The van der Waals surface area contributed by atoms with E-state index >= 15 is 0 Å². The standard InChI is InChI=1S/C26H36N4O6S/c1-4-34-20-11-18(12-21(13-20)35-17-26(2,3)16-31)15-30(19-7-9-28-10-8-19)25-29-23-14-22(37(27,32)33)5-6-24(23)36-25/h5-6,11-14,19,28,31H,4,7-10,15-17H2,1-3H3,(H2,27,32,33). The highest BCUT2D eigenvalue weighted by atomic mass is 32.2. The summed E-state index contributed by atoms with van der Waals surface area (Å²) in [5, 5.41) is 18.3. The van der Waals surface area contributed by atoms with Gasteiger partial charge in [-0.3, -0.25) is 0 Å². The van der Waals surface area contributed by atoms with Gasteiger partial charge in [0, 0.05) is 24.1 Å². The Morgan fingerprint density at radius 1 is 1.16 bits per heavy atom. The lowest BCUT2D eigenvalue weighted by molar-refractivity contribution is 0.0973. The van der Waals surface area contributed by atoms with Crippen LogP contribution < -0.4 is 24.8 Å². The zero-order valence-electron chi connectivity index (χ0n) is 21.6. The van der Waals surface area contributed by atoms with Gasteiger partial charge in [0.2, 0.25) is 10.0 Å². The van der Waals surface area contributed by atoms with Crippen molar-refractivity contribution < 1.29 is 27.4 Å². The van der Waals surface area contributed by atoms with Crippen LogP contribution in [-0.2, 0) is 16.6 Å². The molecular formula is C26H36N4O6S. The summed E-state index contributed by atoms with van der Waals surface area (Å²) in [6.45, 7) is 8.92. The molecule has 0 radical (unpaired) electrons. The number of oxazole rings is 1. The number of nitrogens with one attached hydrogen (secondary N) is 1. The van der Waals surface area contributed by atoms with Crippen LogP contribution in [0.1, 0.15) is 39.2 Å². The Balaban J connectivity index is 1.68. The minimum Gasteiger partial charge on any atom is -0.494 e. The van der Waals surface area contributed by atoms with Crippen molar-refractivity contribution in [2.75, 3.05) is 37.8 Å². The van der Waals surface area contributed by atoms with Gasteiger partial charge >= 0.3 is 0 Å². The molecule has 2 aromatic carbocycles.